The van der Waals surface area contributed by atoms with Gasteiger partial charge in [0, 0.05) is 49.3 Å². The summed E-state index contributed by atoms with van der Waals surface area (Å²) < 4.78 is 17.0. The Balaban J connectivity index is 1.36. The van der Waals surface area contributed by atoms with Crippen molar-refractivity contribution in [3.05, 3.63) is 65.2 Å². The molecule has 2 aromatic rings. The number of hydrogen-bond donors (Lipinski definition) is 1. The van der Waals surface area contributed by atoms with Crippen molar-refractivity contribution in [1.82, 2.24) is 10.2 Å². The first-order chi connectivity index (χ1) is 15.7. The summed E-state index contributed by atoms with van der Waals surface area (Å²) >= 11 is 0. The van der Waals surface area contributed by atoms with Crippen LogP contribution in [0.3, 0.4) is 0 Å². The fourth-order valence-electron chi connectivity index (χ4n) is 4.30. The fourth-order valence-corrected chi connectivity index (χ4v) is 4.30. The van der Waals surface area contributed by atoms with Gasteiger partial charge in [0.2, 0.25) is 0 Å². The topological polar surface area (TPSA) is 83.8 Å². The van der Waals surface area contributed by atoms with E-state index >= 15 is 0 Å². The lowest BCUT2D eigenvalue weighted by atomic mass is 9.96. The van der Waals surface area contributed by atoms with Gasteiger partial charge < -0.3 is 19.5 Å². The van der Waals surface area contributed by atoms with Gasteiger partial charge in [0.05, 0.1) is 31.5 Å². The summed E-state index contributed by atoms with van der Waals surface area (Å²) in [5, 5.41) is 12.3. The second-order valence-electron chi connectivity index (χ2n) is 8.13. The summed E-state index contributed by atoms with van der Waals surface area (Å²) in [4.78, 5) is 15.3. The maximum Gasteiger partial charge on any atom is 0.251 e. The van der Waals surface area contributed by atoms with Gasteiger partial charge in [-0.05, 0) is 30.7 Å². The molecular weight excluding hydrogens is 406 g/mol. The van der Waals surface area contributed by atoms with Crippen LogP contribution in [0.15, 0.2) is 48.5 Å². The molecule has 0 spiro atoms. The summed E-state index contributed by atoms with van der Waals surface area (Å²) in [6.07, 6.45) is 1.02. The zero-order valence-corrected chi connectivity index (χ0v) is 18.2. The second kappa shape index (κ2) is 11.1. The first-order valence-electron chi connectivity index (χ1n) is 11.1. The van der Waals surface area contributed by atoms with Gasteiger partial charge in [-0.25, -0.2) is 0 Å². The molecule has 2 heterocycles. The number of hydrogen-bond acceptors (Lipinski definition) is 6. The number of nitrogens with one attached hydrogen (secondary N) is 1. The van der Waals surface area contributed by atoms with Crippen LogP contribution < -0.4 is 10.1 Å². The molecule has 168 valence electrons. The van der Waals surface area contributed by atoms with Crippen molar-refractivity contribution in [3.8, 4) is 11.8 Å². The number of nitriles is 1. The van der Waals surface area contributed by atoms with Crippen LogP contribution in [0.2, 0.25) is 0 Å². The number of carbonyl (C=O) groups is 1. The van der Waals surface area contributed by atoms with E-state index in [2.05, 4.69) is 16.3 Å². The van der Waals surface area contributed by atoms with Crippen molar-refractivity contribution >= 4 is 5.91 Å². The monoisotopic (exact) mass is 435 g/mol. The van der Waals surface area contributed by atoms with Crippen LogP contribution in [0.1, 0.15) is 27.9 Å². The third kappa shape index (κ3) is 5.65. The SMILES string of the molecule is N#Cc1ccccc1COc1cccc(C(=O)NCC(C2CCOC2)N2CCOCC2)c1. The van der Waals surface area contributed by atoms with Gasteiger partial charge >= 0.3 is 0 Å². The molecule has 2 aromatic carbocycles. The molecule has 2 saturated heterocycles. The molecule has 7 nitrogen and oxygen atoms in total. The van der Waals surface area contributed by atoms with E-state index in [1.54, 1.807) is 18.2 Å². The smallest absolute Gasteiger partial charge is 0.251 e. The molecule has 4 rings (SSSR count). The van der Waals surface area contributed by atoms with Crippen LogP contribution in [-0.2, 0) is 16.1 Å². The molecule has 1 N–H and O–H groups in total. The minimum Gasteiger partial charge on any atom is -0.489 e. The van der Waals surface area contributed by atoms with Crippen LogP contribution >= 0.6 is 0 Å². The molecule has 0 aliphatic carbocycles. The highest BCUT2D eigenvalue weighted by molar-refractivity contribution is 5.94. The van der Waals surface area contributed by atoms with Gasteiger partial charge in [-0.2, -0.15) is 5.26 Å². The van der Waals surface area contributed by atoms with E-state index in [1.807, 2.05) is 30.3 Å². The number of rotatable bonds is 8. The Hall–Kier alpha value is -2.92. The Morgan fingerprint density at radius 3 is 2.78 bits per heavy atom. The number of ether oxygens (including phenoxy) is 3. The molecule has 2 fully saturated rings. The number of carbonyl (C=O) groups excluding carboxylic acids is 1. The third-order valence-electron chi connectivity index (χ3n) is 6.12. The number of benzene rings is 2. The summed E-state index contributed by atoms with van der Waals surface area (Å²) in [5.74, 6) is 0.896. The summed E-state index contributed by atoms with van der Waals surface area (Å²) in [6.45, 7) is 5.59. The van der Waals surface area contributed by atoms with Crippen LogP contribution in [0.4, 0.5) is 0 Å². The fraction of sp³-hybridized carbons (Fsp3) is 0.440. The largest absolute Gasteiger partial charge is 0.489 e. The van der Waals surface area contributed by atoms with Gasteiger partial charge in [-0.1, -0.05) is 24.3 Å². The summed E-state index contributed by atoms with van der Waals surface area (Å²) in [7, 11) is 0. The zero-order chi connectivity index (χ0) is 22.2. The quantitative estimate of drug-likeness (QED) is 0.686. The van der Waals surface area contributed by atoms with E-state index in [4.69, 9.17) is 14.2 Å². The standard InChI is InChI=1S/C25H29N3O4/c26-15-20-4-1-2-5-21(20)18-32-23-7-3-6-19(14-23)25(29)27-16-24(22-8-11-31-17-22)28-9-12-30-13-10-28/h1-7,14,22,24H,8-13,16-18H2,(H,27,29). The molecule has 2 atom stereocenters. The molecule has 0 saturated carbocycles. The normalized spacial score (nSPS) is 19.8. The van der Waals surface area contributed by atoms with Crippen molar-refractivity contribution in [2.75, 3.05) is 46.1 Å². The predicted molar refractivity (Wildman–Crippen MR) is 119 cm³/mol. The highest BCUT2D eigenvalue weighted by Crippen LogP contribution is 2.22. The van der Waals surface area contributed by atoms with Gasteiger partial charge in [-0.15, -0.1) is 0 Å². The third-order valence-corrected chi connectivity index (χ3v) is 6.12. The maximum absolute atomic E-state index is 12.9. The van der Waals surface area contributed by atoms with Gasteiger partial charge in [-0.3, -0.25) is 9.69 Å². The molecule has 32 heavy (non-hydrogen) atoms. The van der Waals surface area contributed by atoms with Crippen LogP contribution in [0.5, 0.6) is 5.75 Å². The molecule has 0 aromatic heterocycles. The average Bonchev–Trinajstić information content (AvgIpc) is 3.38. The molecule has 2 aliphatic rings. The number of nitrogens with zero attached hydrogens (tertiary/aromatic N) is 2. The van der Waals surface area contributed by atoms with Crippen molar-refractivity contribution in [3.63, 3.8) is 0 Å². The Bertz CT molecular complexity index is 946. The first-order valence-corrected chi connectivity index (χ1v) is 11.1. The number of morpholine rings is 1. The lowest BCUT2D eigenvalue weighted by Gasteiger charge is -2.37. The zero-order valence-electron chi connectivity index (χ0n) is 18.2. The Morgan fingerprint density at radius 1 is 1.16 bits per heavy atom. The minimum absolute atomic E-state index is 0.120. The Labute approximate surface area is 188 Å². The molecular formula is C25H29N3O4. The van der Waals surface area contributed by atoms with Gasteiger partial charge in [0.1, 0.15) is 12.4 Å². The number of amides is 1. The van der Waals surface area contributed by atoms with E-state index in [-0.39, 0.29) is 18.6 Å². The summed E-state index contributed by atoms with van der Waals surface area (Å²) in [5.41, 5.74) is 1.96. The van der Waals surface area contributed by atoms with E-state index in [0.717, 1.165) is 51.5 Å². The molecule has 7 heteroatoms. The molecule has 2 unspecified atom stereocenters. The lowest BCUT2D eigenvalue weighted by molar-refractivity contribution is 0.00166. The van der Waals surface area contributed by atoms with Crippen molar-refractivity contribution in [2.24, 2.45) is 5.92 Å². The molecule has 0 bridgehead atoms. The highest BCUT2D eigenvalue weighted by Gasteiger charge is 2.31. The molecule has 0 radical (unpaired) electrons. The van der Waals surface area contributed by atoms with E-state index < -0.39 is 0 Å². The summed E-state index contributed by atoms with van der Waals surface area (Å²) in [6, 6.07) is 16.9. The van der Waals surface area contributed by atoms with Crippen molar-refractivity contribution in [1.29, 1.82) is 5.26 Å². The lowest BCUT2D eigenvalue weighted by Crippen LogP contribution is -2.52. The van der Waals surface area contributed by atoms with Crippen LogP contribution in [0.25, 0.3) is 0 Å². The minimum atomic E-state index is -0.120. The van der Waals surface area contributed by atoms with Crippen molar-refractivity contribution in [2.45, 2.75) is 19.1 Å². The highest BCUT2D eigenvalue weighted by atomic mass is 16.5. The van der Waals surface area contributed by atoms with Gasteiger partial charge in [0.15, 0.2) is 0 Å². The van der Waals surface area contributed by atoms with Crippen molar-refractivity contribution < 1.29 is 19.0 Å². The maximum atomic E-state index is 12.9. The molecule has 2 aliphatic heterocycles. The Kier molecular flexibility index (Phi) is 7.73. The predicted octanol–water partition coefficient (Wildman–Crippen LogP) is 2.60. The molecule has 1 amide bonds. The van der Waals surface area contributed by atoms with E-state index in [9.17, 15) is 10.1 Å². The van der Waals surface area contributed by atoms with Gasteiger partial charge in [0.25, 0.3) is 5.91 Å². The Morgan fingerprint density at radius 2 is 2.00 bits per heavy atom. The van der Waals surface area contributed by atoms with Crippen LogP contribution in [-0.4, -0.2) is 62.9 Å². The average molecular weight is 436 g/mol. The second-order valence-corrected chi connectivity index (χ2v) is 8.13. The van der Waals surface area contributed by atoms with Crippen LogP contribution in [0, 0.1) is 17.2 Å². The van der Waals surface area contributed by atoms with E-state index in [1.165, 1.54) is 0 Å². The first kappa shape index (κ1) is 22.3. The van der Waals surface area contributed by atoms with E-state index in [0.29, 0.717) is 29.3 Å².